The third kappa shape index (κ3) is 4.65. The van der Waals surface area contributed by atoms with Crippen molar-refractivity contribution in [2.45, 2.75) is 6.92 Å². The van der Waals surface area contributed by atoms with E-state index in [1.807, 2.05) is 37.3 Å². The van der Waals surface area contributed by atoms with Gasteiger partial charge < -0.3 is 10.1 Å². The lowest BCUT2D eigenvalue weighted by molar-refractivity contribution is 0.0735. The SMILES string of the molecule is CCNC(=S)N/N=C/c1c(OC(=O)c2ccccc2Cl)ccc2ccccc12. The molecule has 0 amide bonds. The van der Waals surface area contributed by atoms with Crippen LogP contribution < -0.4 is 15.5 Å². The molecule has 0 aliphatic heterocycles. The molecule has 142 valence electrons. The minimum absolute atomic E-state index is 0.298. The maximum atomic E-state index is 12.6. The maximum absolute atomic E-state index is 12.6. The summed E-state index contributed by atoms with van der Waals surface area (Å²) in [4.78, 5) is 12.6. The van der Waals surface area contributed by atoms with Gasteiger partial charge in [-0.05, 0) is 48.1 Å². The van der Waals surface area contributed by atoms with Crippen molar-refractivity contribution in [2.24, 2.45) is 5.10 Å². The number of rotatable bonds is 5. The number of fused-ring (bicyclic) bond motifs is 1. The van der Waals surface area contributed by atoms with Gasteiger partial charge >= 0.3 is 5.97 Å². The smallest absolute Gasteiger partial charge is 0.345 e. The predicted octanol–water partition coefficient (Wildman–Crippen LogP) is 4.53. The molecule has 0 aliphatic rings. The van der Waals surface area contributed by atoms with Crippen LogP contribution in [0.1, 0.15) is 22.8 Å². The van der Waals surface area contributed by atoms with Crippen LogP contribution in [-0.4, -0.2) is 23.8 Å². The van der Waals surface area contributed by atoms with E-state index >= 15 is 0 Å². The largest absolute Gasteiger partial charge is 0.422 e. The highest BCUT2D eigenvalue weighted by Gasteiger charge is 2.15. The third-order valence-electron chi connectivity index (χ3n) is 3.92. The highest BCUT2D eigenvalue weighted by atomic mass is 35.5. The fourth-order valence-electron chi connectivity index (χ4n) is 2.63. The molecule has 0 aliphatic carbocycles. The van der Waals surface area contributed by atoms with E-state index in [4.69, 9.17) is 28.6 Å². The van der Waals surface area contributed by atoms with Crippen LogP contribution in [0.25, 0.3) is 10.8 Å². The summed E-state index contributed by atoms with van der Waals surface area (Å²) in [5.41, 5.74) is 3.70. The molecule has 0 saturated heterocycles. The lowest BCUT2D eigenvalue weighted by Crippen LogP contribution is -2.31. The molecule has 0 bridgehead atoms. The first-order valence-corrected chi connectivity index (χ1v) is 9.44. The summed E-state index contributed by atoms with van der Waals surface area (Å²) in [5, 5.41) is 9.76. The summed E-state index contributed by atoms with van der Waals surface area (Å²) in [7, 11) is 0. The van der Waals surface area contributed by atoms with Gasteiger partial charge in [-0.3, -0.25) is 5.43 Å². The van der Waals surface area contributed by atoms with Crippen molar-refractivity contribution in [3.8, 4) is 5.75 Å². The summed E-state index contributed by atoms with van der Waals surface area (Å²) in [6.07, 6.45) is 1.58. The number of benzene rings is 3. The number of nitrogens with one attached hydrogen (secondary N) is 2. The van der Waals surface area contributed by atoms with Crippen molar-refractivity contribution in [1.29, 1.82) is 0 Å². The van der Waals surface area contributed by atoms with Gasteiger partial charge in [0.05, 0.1) is 16.8 Å². The average Bonchev–Trinajstić information content (AvgIpc) is 2.69. The Labute approximate surface area is 173 Å². The number of hydrazone groups is 1. The van der Waals surface area contributed by atoms with Crippen LogP contribution in [0.2, 0.25) is 5.02 Å². The van der Waals surface area contributed by atoms with Gasteiger partial charge in [0.25, 0.3) is 0 Å². The Morgan fingerprint density at radius 1 is 1.14 bits per heavy atom. The molecule has 0 atom stereocenters. The van der Waals surface area contributed by atoms with Gasteiger partial charge in [0.1, 0.15) is 5.75 Å². The van der Waals surface area contributed by atoms with Gasteiger partial charge in [-0.2, -0.15) is 5.10 Å². The van der Waals surface area contributed by atoms with Crippen LogP contribution >= 0.6 is 23.8 Å². The van der Waals surface area contributed by atoms with E-state index < -0.39 is 5.97 Å². The minimum Gasteiger partial charge on any atom is -0.422 e. The Hall–Kier alpha value is -2.96. The first-order valence-electron chi connectivity index (χ1n) is 8.65. The number of hydrogen-bond acceptors (Lipinski definition) is 4. The number of hydrogen-bond donors (Lipinski definition) is 2. The highest BCUT2D eigenvalue weighted by molar-refractivity contribution is 7.80. The topological polar surface area (TPSA) is 62.7 Å². The van der Waals surface area contributed by atoms with Gasteiger partial charge in [-0.25, -0.2) is 4.79 Å². The summed E-state index contributed by atoms with van der Waals surface area (Å²) >= 11 is 11.2. The van der Waals surface area contributed by atoms with Crippen LogP contribution in [0.3, 0.4) is 0 Å². The van der Waals surface area contributed by atoms with E-state index in [-0.39, 0.29) is 0 Å². The van der Waals surface area contributed by atoms with E-state index in [0.717, 1.165) is 10.8 Å². The standard InChI is InChI=1S/C21H18ClN3O2S/c1-2-23-21(28)25-24-13-17-15-8-4-3-7-14(15)11-12-19(17)27-20(26)16-9-5-6-10-18(16)22/h3-13H,2H2,1H3,(H2,23,25,28)/b24-13+. The van der Waals surface area contributed by atoms with E-state index in [2.05, 4.69) is 15.8 Å². The van der Waals surface area contributed by atoms with Crippen molar-refractivity contribution < 1.29 is 9.53 Å². The fraction of sp³-hybridized carbons (Fsp3) is 0.0952. The number of ether oxygens (including phenoxy) is 1. The molecule has 0 heterocycles. The van der Waals surface area contributed by atoms with Gasteiger partial charge in [0, 0.05) is 12.1 Å². The second-order valence-corrected chi connectivity index (χ2v) is 6.61. The van der Waals surface area contributed by atoms with Gasteiger partial charge in [-0.15, -0.1) is 0 Å². The van der Waals surface area contributed by atoms with Crippen molar-refractivity contribution in [3.05, 3.63) is 76.8 Å². The Balaban J connectivity index is 1.95. The first-order chi connectivity index (χ1) is 13.6. The van der Waals surface area contributed by atoms with E-state index in [9.17, 15) is 4.79 Å². The summed E-state index contributed by atoms with van der Waals surface area (Å²) in [6.45, 7) is 2.63. The molecule has 0 spiro atoms. The molecule has 2 N–H and O–H groups in total. The van der Waals surface area contributed by atoms with Crippen LogP contribution in [0, 0.1) is 0 Å². The third-order valence-corrected chi connectivity index (χ3v) is 4.49. The number of nitrogens with zero attached hydrogens (tertiary/aromatic N) is 1. The molecule has 0 aromatic heterocycles. The lowest BCUT2D eigenvalue weighted by Gasteiger charge is -2.11. The quantitative estimate of drug-likeness (QED) is 0.212. The molecule has 3 aromatic carbocycles. The van der Waals surface area contributed by atoms with Crippen molar-refractivity contribution >= 4 is 51.9 Å². The molecule has 0 radical (unpaired) electrons. The highest BCUT2D eigenvalue weighted by Crippen LogP contribution is 2.28. The Kier molecular flexibility index (Phi) is 6.57. The van der Waals surface area contributed by atoms with E-state index in [0.29, 0.717) is 33.6 Å². The van der Waals surface area contributed by atoms with Crippen LogP contribution in [-0.2, 0) is 0 Å². The van der Waals surface area contributed by atoms with Crippen molar-refractivity contribution in [3.63, 3.8) is 0 Å². The Morgan fingerprint density at radius 3 is 2.68 bits per heavy atom. The van der Waals surface area contributed by atoms with Crippen LogP contribution in [0.15, 0.2) is 65.8 Å². The molecule has 3 rings (SSSR count). The van der Waals surface area contributed by atoms with E-state index in [1.54, 1.807) is 36.5 Å². The number of esters is 1. The number of thiocarbonyl (C=S) groups is 1. The summed E-state index contributed by atoms with van der Waals surface area (Å²) in [5.74, 6) is -0.157. The fourth-order valence-corrected chi connectivity index (χ4v) is 3.04. The normalized spacial score (nSPS) is 10.8. The monoisotopic (exact) mass is 411 g/mol. The zero-order valence-electron chi connectivity index (χ0n) is 15.1. The molecule has 0 saturated carbocycles. The van der Waals surface area contributed by atoms with Gasteiger partial charge in [-0.1, -0.05) is 54.1 Å². The van der Waals surface area contributed by atoms with Crippen LogP contribution in [0.5, 0.6) is 5.75 Å². The lowest BCUT2D eigenvalue weighted by atomic mass is 10.0. The predicted molar refractivity (Wildman–Crippen MR) is 117 cm³/mol. The second-order valence-electron chi connectivity index (χ2n) is 5.80. The number of carbonyl (C=O) groups is 1. The molecule has 3 aromatic rings. The van der Waals surface area contributed by atoms with E-state index in [1.165, 1.54) is 0 Å². The van der Waals surface area contributed by atoms with Crippen molar-refractivity contribution in [1.82, 2.24) is 10.7 Å². The molecule has 0 fully saturated rings. The Morgan fingerprint density at radius 2 is 1.89 bits per heavy atom. The number of carbonyl (C=O) groups excluding carboxylic acids is 1. The van der Waals surface area contributed by atoms with Gasteiger partial charge in [0.15, 0.2) is 5.11 Å². The molecule has 0 unspecified atom stereocenters. The minimum atomic E-state index is -0.535. The summed E-state index contributed by atoms with van der Waals surface area (Å²) < 4.78 is 5.63. The summed E-state index contributed by atoms with van der Waals surface area (Å²) in [6, 6.07) is 18.1. The Bertz CT molecular complexity index is 1050. The molecule has 5 nitrogen and oxygen atoms in total. The zero-order chi connectivity index (χ0) is 19.9. The van der Waals surface area contributed by atoms with Crippen molar-refractivity contribution in [2.75, 3.05) is 6.54 Å². The molecular formula is C21H18ClN3O2S. The average molecular weight is 412 g/mol. The van der Waals surface area contributed by atoms with Crippen LogP contribution in [0.4, 0.5) is 0 Å². The molecule has 7 heteroatoms. The molecule has 28 heavy (non-hydrogen) atoms. The maximum Gasteiger partial charge on any atom is 0.345 e. The second kappa shape index (κ2) is 9.30. The molecular weight excluding hydrogens is 394 g/mol. The zero-order valence-corrected chi connectivity index (χ0v) is 16.7. The number of halogens is 1. The first kappa shape index (κ1) is 19.8. The van der Waals surface area contributed by atoms with Gasteiger partial charge in [0.2, 0.25) is 0 Å².